The zero-order chi connectivity index (χ0) is 8.39. The minimum absolute atomic E-state index is 0.0763. The van der Waals surface area contributed by atoms with Gasteiger partial charge in [-0.3, -0.25) is 4.79 Å². The largest absolute Gasteiger partial charge is 0.307 e. The lowest BCUT2D eigenvalue weighted by atomic mass is 9.97. The van der Waals surface area contributed by atoms with Gasteiger partial charge in [-0.1, -0.05) is 30.3 Å². The van der Waals surface area contributed by atoms with Crippen molar-refractivity contribution in [2.24, 2.45) is 0 Å². The first-order chi connectivity index (χ1) is 5.88. The predicted molar refractivity (Wildman–Crippen MR) is 47.2 cm³/mol. The topological polar surface area (TPSA) is 29.1 Å². The second-order valence-corrected chi connectivity index (χ2v) is 3.03. The van der Waals surface area contributed by atoms with E-state index in [9.17, 15) is 4.79 Å². The fourth-order valence-corrected chi connectivity index (χ4v) is 1.32. The number of carbonyl (C=O) groups excluding carboxylic acids is 1. The Labute approximate surface area is 71.6 Å². The van der Waals surface area contributed by atoms with Crippen molar-refractivity contribution in [2.75, 3.05) is 6.54 Å². The van der Waals surface area contributed by atoms with Crippen LogP contribution in [0.5, 0.6) is 0 Å². The van der Waals surface area contributed by atoms with Crippen LogP contribution in [0.15, 0.2) is 30.3 Å². The number of hydrogen-bond donors (Lipinski definition) is 1. The molecule has 1 aliphatic heterocycles. The van der Waals surface area contributed by atoms with Crippen LogP contribution in [0, 0.1) is 0 Å². The highest BCUT2D eigenvalue weighted by atomic mass is 16.1. The highest BCUT2D eigenvalue weighted by Crippen LogP contribution is 2.10. The van der Waals surface area contributed by atoms with Gasteiger partial charge in [0.05, 0.1) is 6.04 Å². The van der Waals surface area contributed by atoms with Crippen LogP contribution in [0.2, 0.25) is 0 Å². The fraction of sp³-hybridized carbons (Fsp3) is 0.300. The van der Waals surface area contributed by atoms with E-state index in [1.165, 1.54) is 0 Å². The second kappa shape index (κ2) is 3.07. The van der Waals surface area contributed by atoms with E-state index in [1.807, 2.05) is 30.3 Å². The summed E-state index contributed by atoms with van der Waals surface area (Å²) in [6, 6.07) is 9.51. The van der Waals surface area contributed by atoms with E-state index >= 15 is 0 Å². The quantitative estimate of drug-likeness (QED) is 0.661. The molecule has 2 nitrogen and oxygen atoms in total. The van der Waals surface area contributed by atoms with Crippen molar-refractivity contribution >= 4 is 5.78 Å². The number of hydrogen-bond acceptors (Lipinski definition) is 2. The smallest absolute Gasteiger partial charge is 0.179 e. The van der Waals surface area contributed by atoms with Gasteiger partial charge in [0.15, 0.2) is 5.78 Å². The second-order valence-electron chi connectivity index (χ2n) is 3.03. The van der Waals surface area contributed by atoms with Crippen molar-refractivity contribution < 1.29 is 4.79 Å². The minimum atomic E-state index is 0.0763. The Morgan fingerprint density at radius 3 is 2.50 bits per heavy atom. The van der Waals surface area contributed by atoms with Gasteiger partial charge in [-0.15, -0.1) is 0 Å². The number of ketones is 1. The van der Waals surface area contributed by atoms with Crippen LogP contribution >= 0.6 is 0 Å². The highest BCUT2D eigenvalue weighted by molar-refractivity contribution is 6.00. The molecule has 1 aliphatic rings. The molecule has 1 aromatic rings. The first kappa shape index (κ1) is 7.50. The molecule has 0 amide bonds. The third kappa shape index (κ3) is 1.25. The lowest BCUT2D eigenvalue weighted by molar-refractivity contribution is 0.0904. The van der Waals surface area contributed by atoms with Crippen LogP contribution in [0.25, 0.3) is 0 Å². The van der Waals surface area contributed by atoms with Crippen molar-refractivity contribution in [1.29, 1.82) is 0 Å². The number of carbonyl (C=O) groups is 1. The Hall–Kier alpha value is -1.15. The summed E-state index contributed by atoms with van der Waals surface area (Å²) in [6.45, 7) is 0.975. The first-order valence-corrected chi connectivity index (χ1v) is 4.20. The summed E-state index contributed by atoms with van der Waals surface area (Å²) in [7, 11) is 0. The summed E-state index contributed by atoms with van der Waals surface area (Å²) in [4.78, 5) is 11.6. The van der Waals surface area contributed by atoms with Gasteiger partial charge < -0.3 is 5.32 Å². The number of nitrogens with one attached hydrogen (secondary N) is 1. The van der Waals surface area contributed by atoms with Gasteiger partial charge in [-0.25, -0.2) is 0 Å². The van der Waals surface area contributed by atoms with Crippen LogP contribution in [-0.4, -0.2) is 18.4 Å². The predicted octanol–water partition coefficient (Wildman–Crippen LogP) is 1.23. The van der Waals surface area contributed by atoms with E-state index in [2.05, 4.69) is 5.32 Å². The van der Waals surface area contributed by atoms with Gasteiger partial charge in [-0.05, 0) is 13.0 Å². The number of benzene rings is 1. The molecule has 0 spiro atoms. The number of rotatable bonds is 2. The van der Waals surface area contributed by atoms with E-state index in [-0.39, 0.29) is 11.8 Å². The molecule has 2 rings (SSSR count). The molecule has 1 atom stereocenters. The maximum Gasteiger partial charge on any atom is 0.179 e. The van der Waals surface area contributed by atoms with E-state index < -0.39 is 0 Å². The molecule has 1 aromatic carbocycles. The minimum Gasteiger partial charge on any atom is -0.307 e. The summed E-state index contributed by atoms with van der Waals surface area (Å²) in [5, 5.41) is 3.09. The summed E-state index contributed by atoms with van der Waals surface area (Å²) in [6.07, 6.45) is 0.980. The molecule has 1 N–H and O–H groups in total. The van der Waals surface area contributed by atoms with Gasteiger partial charge in [-0.2, -0.15) is 0 Å². The van der Waals surface area contributed by atoms with Crippen molar-refractivity contribution in [3.8, 4) is 0 Å². The molecule has 1 fully saturated rings. The Morgan fingerprint density at radius 1 is 1.33 bits per heavy atom. The van der Waals surface area contributed by atoms with Gasteiger partial charge in [0, 0.05) is 5.56 Å². The van der Waals surface area contributed by atoms with Crippen LogP contribution in [0.3, 0.4) is 0 Å². The molecule has 12 heavy (non-hydrogen) atoms. The summed E-state index contributed by atoms with van der Waals surface area (Å²) in [5.41, 5.74) is 0.815. The zero-order valence-corrected chi connectivity index (χ0v) is 6.79. The Balaban J connectivity index is 2.14. The maximum atomic E-state index is 11.6. The van der Waals surface area contributed by atoms with E-state index in [1.54, 1.807) is 0 Å². The summed E-state index contributed by atoms with van der Waals surface area (Å²) in [5.74, 6) is 0.224. The van der Waals surface area contributed by atoms with Gasteiger partial charge in [0.25, 0.3) is 0 Å². The SMILES string of the molecule is O=C(c1ccccc1)C1CCN1. The molecule has 1 unspecified atom stereocenters. The lowest BCUT2D eigenvalue weighted by Gasteiger charge is -2.25. The third-order valence-electron chi connectivity index (χ3n) is 2.20. The molecule has 0 aliphatic carbocycles. The molecular weight excluding hydrogens is 150 g/mol. The zero-order valence-electron chi connectivity index (χ0n) is 6.79. The summed E-state index contributed by atoms with van der Waals surface area (Å²) >= 11 is 0. The summed E-state index contributed by atoms with van der Waals surface area (Å²) < 4.78 is 0. The Morgan fingerprint density at radius 2 is 2.00 bits per heavy atom. The molecule has 1 heterocycles. The Bertz CT molecular complexity index is 277. The molecule has 62 valence electrons. The first-order valence-electron chi connectivity index (χ1n) is 4.20. The van der Waals surface area contributed by atoms with Crippen molar-refractivity contribution in [3.63, 3.8) is 0 Å². The normalized spacial score (nSPS) is 21.5. The average Bonchev–Trinajstić information content (AvgIpc) is 2.03. The monoisotopic (exact) mass is 161 g/mol. The van der Waals surface area contributed by atoms with Crippen LogP contribution in [-0.2, 0) is 0 Å². The fourth-order valence-electron chi connectivity index (χ4n) is 1.32. The third-order valence-corrected chi connectivity index (χ3v) is 2.20. The van der Waals surface area contributed by atoms with Gasteiger partial charge in [0.2, 0.25) is 0 Å². The molecule has 0 aromatic heterocycles. The molecule has 2 heteroatoms. The standard InChI is InChI=1S/C10H11NO/c12-10(9-6-7-11-9)8-4-2-1-3-5-8/h1-5,9,11H,6-7H2. The Kier molecular flexibility index (Phi) is 1.92. The highest BCUT2D eigenvalue weighted by Gasteiger charge is 2.24. The van der Waals surface area contributed by atoms with E-state index in [4.69, 9.17) is 0 Å². The van der Waals surface area contributed by atoms with Crippen LogP contribution < -0.4 is 5.32 Å². The number of Topliss-reactive ketones (excluding diaryl/α,β-unsaturated/α-hetero) is 1. The molecule has 0 bridgehead atoms. The van der Waals surface area contributed by atoms with Crippen molar-refractivity contribution in [1.82, 2.24) is 5.32 Å². The van der Waals surface area contributed by atoms with Crippen LogP contribution in [0.4, 0.5) is 0 Å². The average molecular weight is 161 g/mol. The van der Waals surface area contributed by atoms with Crippen LogP contribution in [0.1, 0.15) is 16.8 Å². The molecule has 1 saturated heterocycles. The van der Waals surface area contributed by atoms with E-state index in [0.717, 1.165) is 18.5 Å². The molecular formula is C10H11NO. The van der Waals surface area contributed by atoms with Crippen molar-refractivity contribution in [3.05, 3.63) is 35.9 Å². The lowest BCUT2D eigenvalue weighted by Crippen LogP contribution is -2.48. The van der Waals surface area contributed by atoms with Gasteiger partial charge >= 0.3 is 0 Å². The maximum absolute atomic E-state index is 11.6. The van der Waals surface area contributed by atoms with E-state index in [0.29, 0.717) is 0 Å². The van der Waals surface area contributed by atoms with Gasteiger partial charge in [0.1, 0.15) is 0 Å². The molecule has 0 saturated carbocycles. The van der Waals surface area contributed by atoms with Crippen molar-refractivity contribution in [2.45, 2.75) is 12.5 Å². The molecule has 0 radical (unpaired) electrons.